The Kier molecular flexibility index (Phi) is 8.40. The van der Waals surface area contributed by atoms with E-state index >= 15 is 0 Å². The third kappa shape index (κ3) is 6.20. The summed E-state index contributed by atoms with van der Waals surface area (Å²) in [4.78, 5) is 55.5. The number of para-hydroxylation sites is 1. The van der Waals surface area contributed by atoms with Crippen LogP contribution in [0.15, 0.2) is 53.9 Å². The summed E-state index contributed by atoms with van der Waals surface area (Å²) in [5.41, 5.74) is 1.47. The van der Waals surface area contributed by atoms with Crippen molar-refractivity contribution < 1.29 is 28.0 Å². The molecule has 4 amide bonds. The van der Waals surface area contributed by atoms with Gasteiger partial charge in [0.1, 0.15) is 23.1 Å². The molecule has 0 fully saturated rings. The number of nitrogens with zero attached hydrogens (tertiary/aromatic N) is 1. The molecule has 2 aromatic carbocycles. The quantitative estimate of drug-likeness (QED) is 0.330. The molecule has 0 radical (unpaired) electrons. The molecule has 3 N–H and O–H groups in total. The normalized spacial score (nSPS) is 17.8. The van der Waals surface area contributed by atoms with Crippen molar-refractivity contribution in [1.82, 2.24) is 16.0 Å². The number of hydrogen-bond acceptors (Lipinski definition) is 5. The molecule has 0 aliphatic carbocycles. The molecule has 5 rings (SSSR count). The van der Waals surface area contributed by atoms with E-state index in [1.807, 2.05) is 35.7 Å². The van der Waals surface area contributed by atoms with Gasteiger partial charge in [-0.25, -0.2) is 8.78 Å². The second-order valence-electron chi connectivity index (χ2n) is 11.2. The molecule has 42 heavy (non-hydrogen) atoms. The lowest BCUT2D eigenvalue weighted by molar-refractivity contribution is -0.143. The Morgan fingerprint density at radius 1 is 1.00 bits per heavy atom. The lowest BCUT2D eigenvalue weighted by Crippen LogP contribution is -2.56. The van der Waals surface area contributed by atoms with Crippen molar-refractivity contribution in [3.63, 3.8) is 0 Å². The van der Waals surface area contributed by atoms with Gasteiger partial charge in [-0.3, -0.25) is 19.2 Å². The fourth-order valence-corrected chi connectivity index (χ4v) is 6.15. The average molecular weight is 595 g/mol. The van der Waals surface area contributed by atoms with E-state index in [4.69, 9.17) is 0 Å². The summed E-state index contributed by atoms with van der Waals surface area (Å²) in [6.07, 6.45) is 1.73. The first-order valence-electron chi connectivity index (χ1n) is 13.8. The van der Waals surface area contributed by atoms with Gasteiger partial charge in [0, 0.05) is 24.0 Å². The minimum atomic E-state index is -1.57. The third-order valence-corrected chi connectivity index (χ3v) is 8.64. The highest BCUT2D eigenvalue weighted by atomic mass is 32.1. The maximum Gasteiger partial charge on any atom is 0.249 e. The van der Waals surface area contributed by atoms with Gasteiger partial charge in [0.2, 0.25) is 23.6 Å². The number of hydrogen-bond donors (Lipinski definition) is 3. The van der Waals surface area contributed by atoms with Gasteiger partial charge >= 0.3 is 0 Å². The first-order valence-corrected chi connectivity index (χ1v) is 14.7. The summed E-state index contributed by atoms with van der Waals surface area (Å²) >= 11 is 1.51. The van der Waals surface area contributed by atoms with Crippen molar-refractivity contribution in [2.75, 3.05) is 11.4 Å². The van der Waals surface area contributed by atoms with Crippen LogP contribution in [0.3, 0.4) is 0 Å². The summed E-state index contributed by atoms with van der Waals surface area (Å²) in [6, 6.07) is 11.4. The zero-order valence-electron chi connectivity index (χ0n) is 23.3. The van der Waals surface area contributed by atoms with E-state index in [1.165, 1.54) is 25.2 Å². The number of amides is 4. The van der Waals surface area contributed by atoms with E-state index in [2.05, 4.69) is 16.0 Å². The number of carbonyl (C=O) groups is 4. The van der Waals surface area contributed by atoms with Gasteiger partial charge in [-0.1, -0.05) is 24.3 Å². The van der Waals surface area contributed by atoms with E-state index in [-0.39, 0.29) is 42.9 Å². The van der Waals surface area contributed by atoms with Crippen LogP contribution in [0, 0.1) is 17.0 Å². The molecule has 0 saturated heterocycles. The Balaban J connectivity index is 1.26. The number of carbonyl (C=O) groups excluding carboxylic acids is 4. The molecule has 1 unspecified atom stereocenters. The van der Waals surface area contributed by atoms with Crippen molar-refractivity contribution >= 4 is 40.7 Å². The van der Waals surface area contributed by atoms with E-state index in [0.717, 1.165) is 39.9 Å². The Morgan fingerprint density at radius 3 is 2.45 bits per heavy atom. The number of rotatable bonds is 9. The molecule has 2 aliphatic heterocycles. The van der Waals surface area contributed by atoms with Crippen molar-refractivity contribution in [3.05, 3.63) is 87.1 Å². The maximum absolute atomic E-state index is 13.9. The highest BCUT2D eigenvalue weighted by molar-refractivity contribution is 7.10. The Bertz CT molecular complexity index is 1500. The van der Waals surface area contributed by atoms with Crippen LogP contribution < -0.4 is 20.9 Å². The van der Waals surface area contributed by atoms with Gasteiger partial charge in [-0.15, -0.1) is 11.3 Å². The van der Waals surface area contributed by atoms with Crippen LogP contribution in [0.1, 0.15) is 41.8 Å². The fraction of sp³-hybridized carbons (Fsp3) is 0.355. The van der Waals surface area contributed by atoms with Gasteiger partial charge in [0.25, 0.3) is 0 Å². The Morgan fingerprint density at radius 2 is 1.74 bits per heavy atom. The summed E-state index contributed by atoms with van der Waals surface area (Å²) < 4.78 is 27.1. The van der Waals surface area contributed by atoms with Crippen LogP contribution in [0.4, 0.5) is 14.5 Å². The maximum atomic E-state index is 13.9. The minimum absolute atomic E-state index is 0.130. The third-order valence-electron chi connectivity index (χ3n) is 7.77. The van der Waals surface area contributed by atoms with Gasteiger partial charge in [0.05, 0.1) is 18.2 Å². The lowest BCUT2D eigenvalue weighted by Gasteiger charge is -2.30. The standard InChI is InChI=1S/C31H32F2N4O4S/c1-31(2,29(40)35-16-18-11-21(32)14-22(33)12-18)30(41)36-25-9-8-19-5-3-6-20-13-23(37(27(19)20)28(25)39)17-34-26(38)15-24-7-4-10-42-24/h3-7,10-12,14,23,25H,8-9,13,15-17H2,1-2H3,(H,34,38)(H,35,40)(H,36,41)/t23-,25?/m0/s1. The fourth-order valence-electron chi connectivity index (χ4n) is 5.45. The summed E-state index contributed by atoms with van der Waals surface area (Å²) in [6.45, 7) is 2.96. The molecule has 220 valence electrons. The van der Waals surface area contributed by atoms with Crippen LogP contribution in [0.5, 0.6) is 0 Å². The van der Waals surface area contributed by atoms with E-state index in [1.54, 1.807) is 4.90 Å². The van der Waals surface area contributed by atoms with E-state index in [0.29, 0.717) is 19.3 Å². The molecule has 11 heteroatoms. The number of halogens is 2. The zero-order valence-corrected chi connectivity index (χ0v) is 24.2. The van der Waals surface area contributed by atoms with Crippen LogP contribution in [-0.4, -0.2) is 42.3 Å². The van der Waals surface area contributed by atoms with E-state index < -0.39 is 34.9 Å². The predicted octanol–water partition coefficient (Wildman–Crippen LogP) is 3.42. The van der Waals surface area contributed by atoms with Gasteiger partial charge in [0.15, 0.2) is 0 Å². The largest absolute Gasteiger partial charge is 0.354 e. The van der Waals surface area contributed by atoms with Crippen molar-refractivity contribution in [2.24, 2.45) is 5.41 Å². The zero-order chi connectivity index (χ0) is 30.0. The highest BCUT2D eigenvalue weighted by Gasteiger charge is 2.43. The van der Waals surface area contributed by atoms with Gasteiger partial charge < -0.3 is 20.9 Å². The molecule has 0 spiro atoms. The second kappa shape index (κ2) is 12.0. The van der Waals surface area contributed by atoms with Crippen molar-refractivity contribution in [1.29, 1.82) is 0 Å². The van der Waals surface area contributed by atoms with Crippen LogP contribution in [0.25, 0.3) is 0 Å². The predicted molar refractivity (Wildman–Crippen MR) is 155 cm³/mol. The molecule has 8 nitrogen and oxygen atoms in total. The lowest BCUT2D eigenvalue weighted by atomic mass is 9.90. The highest BCUT2D eigenvalue weighted by Crippen LogP contribution is 2.39. The van der Waals surface area contributed by atoms with Gasteiger partial charge in [-0.05, 0) is 73.4 Å². The second-order valence-corrected chi connectivity index (χ2v) is 12.2. The minimum Gasteiger partial charge on any atom is -0.354 e. The van der Waals surface area contributed by atoms with Crippen molar-refractivity contribution in [2.45, 2.75) is 58.2 Å². The Labute approximate surface area is 246 Å². The number of nitrogens with one attached hydrogen (secondary N) is 3. The molecular weight excluding hydrogens is 562 g/mol. The number of anilines is 1. The summed E-state index contributed by atoms with van der Waals surface area (Å²) in [5, 5.41) is 10.2. The van der Waals surface area contributed by atoms with Crippen LogP contribution in [-0.2, 0) is 45.0 Å². The summed E-state index contributed by atoms with van der Waals surface area (Å²) in [7, 11) is 0. The molecule has 0 bridgehead atoms. The number of benzene rings is 2. The van der Waals surface area contributed by atoms with Crippen LogP contribution in [0.2, 0.25) is 0 Å². The molecule has 0 saturated carbocycles. The number of thiophene rings is 1. The molecular formula is C31H32F2N4O4S. The first kappa shape index (κ1) is 29.4. The Hall–Kier alpha value is -4.12. The van der Waals surface area contributed by atoms with Crippen LogP contribution >= 0.6 is 11.3 Å². The average Bonchev–Trinajstić information content (AvgIpc) is 3.56. The van der Waals surface area contributed by atoms with Crippen molar-refractivity contribution in [3.8, 4) is 0 Å². The number of aryl methyl sites for hydroxylation is 1. The molecule has 2 aliphatic rings. The SMILES string of the molecule is CC(C)(C(=O)NCc1cc(F)cc(F)c1)C(=O)NC1CCc2cccc3c2N(C1=O)[C@H](CNC(=O)Cc1cccs1)C3. The van der Waals surface area contributed by atoms with E-state index in [9.17, 15) is 28.0 Å². The molecule has 2 atom stereocenters. The summed E-state index contributed by atoms with van der Waals surface area (Å²) in [5.74, 6) is -3.26. The molecule has 1 aromatic heterocycles. The molecule has 3 heterocycles. The smallest absolute Gasteiger partial charge is 0.249 e. The first-order chi connectivity index (χ1) is 20.0. The topological polar surface area (TPSA) is 108 Å². The molecule has 3 aromatic rings. The monoisotopic (exact) mass is 594 g/mol. The van der Waals surface area contributed by atoms with Gasteiger partial charge in [-0.2, -0.15) is 0 Å².